The zero-order chi connectivity index (χ0) is 20.6. The van der Waals surface area contributed by atoms with E-state index < -0.39 is 44.0 Å². The van der Waals surface area contributed by atoms with Crippen molar-refractivity contribution in [2.24, 2.45) is 10.8 Å². The molecule has 0 heterocycles. The van der Waals surface area contributed by atoms with Gasteiger partial charge in [0.15, 0.2) is 0 Å². The molecule has 0 aliphatic rings. The summed E-state index contributed by atoms with van der Waals surface area (Å²) in [7, 11) is -3.77. The van der Waals surface area contributed by atoms with Gasteiger partial charge in [0.1, 0.15) is 0 Å². The lowest BCUT2D eigenvalue weighted by atomic mass is 9.98. The molecule has 0 saturated carbocycles. The first-order chi connectivity index (χ1) is 11.7. The van der Waals surface area contributed by atoms with Crippen LogP contribution in [0.4, 0.5) is 0 Å². The molecule has 0 spiro atoms. The Labute approximate surface area is 156 Å². The molecule has 0 bridgehead atoms. The van der Waals surface area contributed by atoms with Crippen molar-refractivity contribution in [3.05, 3.63) is 23.5 Å². The maximum absolute atomic E-state index is 12.7. The second-order valence-electron chi connectivity index (χ2n) is 7.98. The fourth-order valence-corrected chi connectivity index (χ4v) is 2.15. The van der Waals surface area contributed by atoms with Crippen LogP contribution in [-0.4, -0.2) is 25.5 Å². The van der Waals surface area contributed by atoms with E-state index in [0.29, 0.717) is 0 Å². The highest BCUT2D eigenvalue weighted by molar-refractivity contribution is 7.57. The minimum atomic E-state index is -3.77. The van der Waals surface area contributed by atoms with Crippen molar-refractivity contribution in [2.45, 2.75) is 55.4 Å². The van der Waals surface area contributed by atoms with Crippen LogP contribution in [0.1, 0.15) is 55.4 Å². The quantitative estimate of drug-likeness (QED) is 0.255. The molecule has 0 radical (unpaired) electrons. The van der Waals surface area contributed by atoms with Gasteiger partial charge in [0.2, 0.25) is 13.6 Å². The van der Waals surface area contributed by atoms with Crippen molar-refractivity contribution in [3.8, 4) is 0 Å². The highest BCUT2D eigenvalue weighted by Crippen LogP contribution is 2.50. The maximum atomic E-state index is 12.7. The Balaban J connectivity index is 4.89. The largest absolute Gasteiger partial charge is 0.438 e. The van der Waals surface area contributed by atoms with E-state index in [1.165, 1.54) is 11.9 Å². The summed E-state index contributed by atoms with van der Waals surface area (Å²) in [5.74, 6) is 0.212. The number of hydrogen-bond donors (Lipinski definition) is 0. The van der Waals surface area contributed by atoms with Gasteiger partial charge in [-0.05, 0) is 55.4 Å². The first kappa shape index (κ1) is 24.6. The van der Waals surface area contributed by atoms with Crippen LogP contribution in [0.5, 0.6) is 0 Å². The van der Waals surface area contributed by atoms with Crippen molar-refractivity contribution in [1.82, 2.24) is 0 Å². The molecule has 0 aliphatic carbocycles. The van der Waals surface area contributed by atoms with Gasteiger partial charge in [0.05, 0.1) is 10.8 Å². The summed E-state index contributed by atoms with van der Waals surface area (Å²) in [6, 6.07) is 0. The third-order valence-corrected chi connectivity index (χ3v) is 4.24. The predicted octanol–water partition coefficient (Wildman–Crippen LogP) is 4.79. The molecule has 0 unspecified atom stereocenters. The molecular weight excluding hydrogens is 359 g/mol. The number of esters is 2. The van der Waals surface area contributed by atoms with Gasteiger partial charge in [-0.3, -0.25) is 23.2 Å². The van der Waals surface area contributed by atoms with Crippen molar-refractivity contribution in [3.63, 3.8) is 0 Å². The topological polar surface area (TPSA) is 88.1 Å². The third-order valence-electron chi connectivity index (χ3n) is 2.77. The third kappa shape index (κ3) is 10.5. The van der Waals surface area contributed by atoms with Crippen LogP contribution in [0.2, 0.25) is 0 Å². The van der Waals surface area contributed by atoms with E-state index in [1.54, 1.807) is 47.6 Å². The summed E-state index contributed by atoms with van der Waals surface area (Å²) in [5, 5.41) is 0. The van der Waals surface area contributed by atoms with Crippen molar-refractivity contribution >= 4 is 19.5 Å². The van der Waals surface area contributed by atoms with E-state index in [9.17, 15) is 14.2 Å². The molecule has 0 saturated heterocycles. The summed E-state index contributed by atoms with van der Waals surface area (Å²) in [5.41, 5.74) is -0.450. The normalized spacial score (nSPS) is 12.8. The number of carbonyl (C=O) groups excluding carboxylic acids is 2. The van der Waals surface area contributed by atoms with Gasteiger partial charge in [-0.25, -0.2) is 0 Å². The number of ether oxygens (including phenoxy) is 2. The minimum absolute atomic E-state index is 0.503. The predicted molar refractivity (Wildman–Crippen MR) is 99.2 cm³/mol. The van der Waals surface area contributed by atoms with Gasteiger partial charge in [0.25, 0.3) is 0 Å². The molecule has 0 aliphatic heterocycles. The Morgan fingerprint density at radius 3 is 1.54 bits per heavy atom. The Morgan fingerprint density at radius 1 is 0.846 bits per heavy atom. The van der Waals surface area contributed by atoms with Crippen LogP contribution >= 0.6 is 7.60 Å². The summed E-state index contributed by atoms with van der Waals surface area (Å²) < 4.78 is 32.9. The van der Waals surface area contributed by atoms with E-state index in [0.717, 1.165) is 5.57 Å². The standard InChI is InChI=1S/C18H31O7P/c1-14(2)10-9-11-26(21,24-12-22-15(19)17(3,4)5)25-13-23-16(20)18(6,7)8/h9-11H,12-13H2,1-8H3/b11-9+. The fraction of sp³-hybridized carbons (Fsp3) is 0.667. The van der Waals surface area contributed by atoms with Crippen LogP contribution < -0.4 is 0 Å². The number of allylic oxidation sites excluding steroid dienone is 3. The highest BCUT2D eigenvalue weighted by atomic mass is 31.2. The first-order valence-electron chi connectivity index (χ1n) is 8.23. The van der Waals surface area contributed by atoms with Crippen LogP contribution in [-0.2, 0) is 32.7 Å². The summed E-state index contributed by atoms with van der Waals surface area (Å²) in [4.78, 5) is 23.5. The zero-order valence-corrected chi connectivity index (χ0v) is 17.8. The second kappa shape index (κ2) is 10.0. The van der Waals surface area contributed by atoms with Crippen molar-refractivity contribution < 1.29 is 32.7 Å². The average molecular weight is 390 g/mol. The fourth-order valence-electron chi connectivity index (χ4n) is 1.20. The van der Waals surface area contributed by atoms with Crippen molar-refractivity contribution in [1.29, 1.82) is 0 Å². The molecular formula is C18H31O7P. The molecule has 0 aromatic heterocycles. The Kier molecular flexibility index (Phi) is 9.49. The zero-order valence-electron chi connectivity index (χ0n) is 17.0. The number of rotatable bonds is 8. The molecule has 0 atom stereocenters. The van der Waals surface area contributed by atoms with Crippen molar-refractivity contribution in [2.75, 3.05) is 13.6 Å². The molecule has 0 fully saturated rings. The van der Waals surface area contributed by atoms with E-state index in [2.05, 4.69) is 0 Å². The van der Waals surface area contributed by atoms with E-state index in [1.807, 2.05) is 13.8 Å². The summed E-state index contributed by atoms with van der Waals surface area (Å²) in [6.07, 6.45) is 3.22. The van der Waals surface area contributed by atoms with Crippen LogP contribution in [0.25, 0.3) is 0 Å². The van der Waals surface area contributed by atoms with Gasteiger partial charge in [-0.15, -0.1) is 0 Å². The Bertz CT molecular complexity index is 552. The smallest absolute Gasteiger partial charge is 0.359 e. The molecule has 8 heteroatoms. The van der Waals surface area contributed by atoms with Gasteiger partial charge >= 0.3 is 19.5 Å². The van der Waals surface area contributed by atoms with E-state index in [-0.39, 0.29) is 0 Å². The Morgan fingerprint density at radius 2 is 1.23 bits per heavy atom. The average Bonchev–Trinajstić information content (AvgIpc) is 2.44. The maximum Gasteiger partial charge on any atom is 0.359 e. The monoisotopic (exact) mass is 390 g/mol. The molecule has 0 rings (SSSR count). The summed E-state index contributed by atoms with van der Waals surface area (Å²) >= 11 is 0. The highest BCUT2D eigenvalue weighted by Gasteiger charge is 2.28. The molecule has 0 aromatic rings. The van der Waals surface area contributed by atoms with Gasteiger partial charge in [-0.1, -0.05) is 17.7 Å². The number of hydrogen-bond acceptors (Lipinski definition) is 7. The lowest BCUT2D eigenvalue weighted by Gasteiger charge is -2.20. The Hall–Kier alpha value is -1.43. The van der Waals surface area contributed by atoms with E-state index >= 15 is 0 Å². The van der Waals surface area contributed by atoms with Crippen LogP contribution in [0, 0.1) is 10.8 Å². The molecule has 0 aromatic carbocycles. The molecule has 0 N–H and O–H groups in total. The van der Waals surface area contributed by atoms with Gasteiger partial charge < -0.3 is 9.47 Å². The SMILES string of the molecule is CC(C)=C/C=C/P(=O)(OCOC(=O)C(C)(C)C)OCOC(=O)C(C)(C)C. The first-order valence-corrected chi connectivity index (χ1v) is 9.84. The minimum Gasteiger partial charge on any atom is -0.438 e. The number of carbonyl (C=O) groups is 2. The van der Waals surface area contributed by atoms with Crippen LogP contribution in [0.15, 0.2) is 23.5 Å². The lowest BCUT2D eigenvalue weighted by molar-refractivity contribution is -0.161. The van der Waals surface area contributed by atoms with Gasteiger partial charge in [-0.2, -0.15) is 0 Å². The molecule has 26 heavy (non-hydrogen) atoms. The second-order valence-corrected chi connectivity index (χ2v) is 9.88. The molecule has 150 valence electrons. The molecule has 0 amide bonds. The van der Waals surface area contributed by atoms with Gasteiger partial charge in [0, 0.05) is 5.82 Å². The van der Waals surface area contributed by atoms with Crippen LogP contribution in [0.3, 0.4) is 0 Å². The lowest BCUT2D eigenvalue weighted by Crippen LogP contribution is -2.24. The summed E-state index contributed by atoms with van der Waals surface area (Å²) in [6.45, 7) is 12.8. The molecule has 7 nitrogen and oxygen atoms in total. The van der Waals surface area contributed by atoms with E-state index in [4.69, 9.17) is 18.5 Å².